The SMILES string of the molecule is CCCN(C(=O)c1ccc(C)c([N+](=O)[O-])c1)C(C)c1nc2ccccc2c(=O)n1-c1ccccc1OCC. The van der Waals surface area contributed by atoms with E-state index in [1.54, 1.807) is 54.3 Å². The van der Waals surface area contributed by atoms with Gasteiger partial charge in [-0.05, 0) is 57.5 Å². The van der Waals surface area contributed by atoms with Crippen LogP contribution in [-0.4, -0.2) is 38.4 Å². The van der Waals surface area contributed by atoms with Gasteiger partial charge in [-0.3, -0.25) is 24.3 Å². The molecule has 1 atom stereocenters. The zero-order valence-corrected chi connectivity index (χ0v) is 21.9. The fourth-order valence-electron chi connectivity index (χ4n) is 4.54. The highest BCUT2D eigenvalue weighted by Gasteiger charge is 2.29. The summed E-state index contributed by atoms with van der Waals surface area (Å²) >= 11 is 0. The summed E-state index contributed by atoms with van der Waals surface area (Å²) in [6.45, 7) is 8.01. The van der Waals surface area contributed by atoms with Crippen molar-refractivity contribution in [2.45, 2.75) is 40.2 Å². The number of hydrogen-bond donors (Lipinski definition) is 0. The Morgan fingerprint density at radius 3 is 2.53 bits per heavy atom. The van der Waals surface area contributed by atoms with Gasteiger partial charge >= 0.3 is 0 Å². The average molecular weight is 515 g/mol. The van der Waals surface area contributed by atoms with E-state index >= 15 is 0 Å². The van der Waals surface area contributed by atoms with Crippen LogP contribution in [0.5, 0.6) is 5.75 Å². The first-order chi connectivity index (χ1) is 18.3. The predicted octanol–water partition coefficient (Wildman–Crippen LogP) is 5.61. The van der Waals surface area contributed by atoms with Crippen molar-refractivity contribution in [1.29, 1.82) is 0 Å². The van der Waals surface area contributed by atoms with Crippen LogP contribution in [0.25, 0.3) is 16.6 Å². The Hall–Kier alpha value is -4.53. The van der Waals surface area contributed by atoms with Crippen LogP contribution in [-0.2, 0) is 0 Å². The Balaban J connectivity index is 1.92. The van der Waals surface area contributed by atoms with E-state index in [0.717, 1.165) is 0 Å². The maximum absolute atomic E-state index is 13.9. The number of benzene rings is 3. The zero-order chi connectivity index (χ0) is 27.4. The minimum atomic E-state index is -0.644. The molecular weight excluding hydrogens is 484 g/mol. The van der Waals surface area contributed by atoms with Crippen molar-refractivity contribution in [3.63, 3.8) is 0 Å². The largest absolute Gasteiger partial charge is 0.492 e. The highest BCUT2D eigenvalue weighted by molar-refractivity contribution is 5.95. The molecule has 0 aliphatic rings. The van der Waals surface area contributed by atoms with Crippen LogP contribution >= 0.6 is 0 Å². The molecule has 1 unspecified atom stereocenters. The number of para-hydroxylation sites is 3. The smallest absolute Gasteiger partial charge is 0.273 e. The molecule has 38 heavy (non-hydrogen) atoms. The van der Waals surface area contributed by atoms with Gasteiger partial charge in [0.25, 0.3) is 17.2 Å². The van der Waals surface area contributed by atoms with Crippen LogP contribution < -0.4 is 10.3 Å². The fraction of sp³-hybridized carbons (Fsp3) is 0.276. The first kappa shape index (κ1) is 26.5. The van der Waals surface area contributed by atoms with E-state index in [9.17, 15) is 19.7 Å². The minimum absolute atomic E-state index is 0.119. The van der Waals surface area contributed by atoms with Crippen molar-refractivity contribution in [1.82, 2.24) is 14.5 Å². The number of fused-ring (bicyclic) bond motifs is 1. The van der Waals surface area contributed by atoms with Crippen molar-refractivity contribution in [3.8, 4) is 11.4 Å². The molecule has 4 aromatic rings. The molecule has 0 saturated carbocycles. The van der Waals surface area contributed by atoms with Crippen molar-refractivity contribution < 1.29 is 14.5 Å². The fourth-order valence-corrected chi connectivity index (χ4v) is 4.54. The summed E-state index contributed by atoms with van der Waals surface area (Å²) in [5.41, 5.74) is 1.31. The second-order valence-corrected chi connectivity index (χ2v) is 8.96. The highest BCUT2D eigenvalue weighted by atomic mass is 16.6. The van der Waals surface area contributed by atoms with Gasteiger partial charge in [0.2, 0.25) is 0 Å². The Bertz CT molecular complexity index is 1560. The van der Waals surface area contributed by atoms with E-state index in [-0.39, 0.29) is 22.7 Å². The van der Waals surface area contributed by atoms with Gasteiger partial charge in [-0.15, -0.1) is 0 Å². The van der Waals surface area contributed by atoms with Crippen LogP contribution in [0.2, 0.25) is 0 Å². The molecule has 0 N–H and O–H groups in total. The van der Waals surface area contributed by atoms with E-state index < -0.39 is 11.0 Å². The summed E-state index contributed by atoms with van der Waals surface area (Å²) in [4.78, 5) is 45.1. The van der Waals surface area contributed by atoms with Gasteiger partial charge in [0.15, 0.2) is 0 Å². The number of nitrogens with zero attached hydrogens (tertiary/aromatic N) is 4. The number of rotatable bonds is 9. The quantitative estimate of drug-likeness (QED) is 0.212. The van der Waals surface area contributed by atoms with Crippen molar-refractivity contribution in [2.75, 3.05) is 13.2 Å². The van der Waals surface area contributed by atoms with Crippen LogP contribution in [0, 0.1) is 17.0 Å². The number of carbonyl (C=O) groups is 1. The molecule has 0 radical (unpaired) electrons. The summed E-state index contributed by atoms with van der Waals surface area (Å²) in [5, 5.41) is 12.0. The van der Waals surface area contributed by atoms with E-state index in [0.29, 0.717) is 53.3 Å². The van der Waals surface area contributed by atoms with Gasteiger partial charge in [-0.25, -0.2) is 4.98 Å². The molecule has 9 nitrogen and oxygen atoms in total. The first-order valence-corrected chi connectivity index (χ1v) is 12.6. The normalized spacial score (nSPS) is 11.8. The van der Waals surface area contributed by atoms with Crippen LogP contribution in [0.3, 0.4) is 0 Å². The molecule has 196 valence electrons. The summed E-state index contributed by atoms with van der Waals surface area (Å²) in [6, 6.07) is 18.1. The number of amides is 1. The molecule has 4 rings (SSSR count). The second kappa shape index (κ2) is 11.2. The summed E-state index contributed by atoms with van der Waals surface area (Å²) in [7, 11) is 0. The van der Waals surface area contributed by atoms with Crippen LogP contribution in [0.4, 0.5) is 5.69 Å². The molecule has 1 heterocycles. The number of ether oxygens (including phenoxy) is 1. The van der Waals surface area contributed by atoms with Gasteiger partial charge < -0.3 is 9.64 Å². The first-order valence-electron chi connectivity index (χ1n) is 12.6. The van der Waals surface area contributed by atoms with E-state index in [1.807, 2.05) is 39.0 Å². The molecule has 0 saturated heterocycles. The van der Waals surface area contributed by atoms with E-state index in [1.165, 1.54) is 10.6 Å². The van der Waals surface area contributed by atoms with Crippen molar-refractivity contribution in [2.24, 2.45) is 0 Å². The summed E-state index contributed by atoms with van der Waals surface area (Å²) in [5.74, 6) is 0.504. The topological polar surface area (TPSA) is 108 Å². The van der Waals surface area contributed by atoms with Gasteiger partial charge in [0, 0.05) is 23.7 Å². The third-order valence-corrected chi connectivity index (χ3v) is 6.43. The Morgan fingerprint density at radius 1 is 1.11 bits per heavy atom. The van der Waals surface area contributed by atoms with Gasteiger partial charge in [0.1, 0.15) is 11.6 Å². The zero-order valence-electron chi connectivity index (χ0n) is 21.9. The molecule has 1 aromatic heterocycles. The van der Waals surface area contributed by atoms with E-state index in [4.69, 9.17) is 9.72 Å². The summed E-state index contributed by atoms with van der Waals surface area (Å²) < 4.78 is 7.34. The van der Waals surface area contributed by atoms with Crippen molar-refractivity contribution >= 4 is 22.5 Å². The molecule has 1 amide bonds. The summed E-state index contributed by atoms with van der Waals surface area (Å²) in [6.07, 6.45) is 0.636. The van der Waals surface area contributed by atoms with Crippen LogP contribution in [0.1, 0.15) is 55.0 Å². The Labute approximate surface area is 220 Å². The molecular formula is C29H30N4O5. The molecule has 0 fully saturated rings. The maximum Gasteiger partial charge on any atom is 0.273 e. The van der Waals surface area contributed by atoms with Crippen molar-refractivity contribution in [3.05, 3.63) is 104 Å². The number of aromatic nitrogens is 2. The Kier molecular flexibility index (Phi) is 7.85. The Morgan fingerprint density at radius 2 is 1.82 bits per heavy atom. The third-order valence-electron chi connectivity index (χ3n) is 6.43. The molecule has 0 aliphatic carbocycles. The monoisotopic (exact) mass is 514 g/mol. The standard InChI is InChI=1S/C29H30N4O5/c1-5-17-31(28(34)21-16-15-19(3)25(18-21)33(36)37)20(4)27-30-23-12-8-7-11-22(23)29(35)32(27)24-13-9-10-14-26(24)38-6-2/h7-16,18,20H,5-6,17H2,1-4H3. The number of nitro benzene ring substituents is 1. The average Bonchev–Trinajstić information content (AvgIpc) is 2.92. The lowest BCUT2D eigenvalue weighted by atomic mass is 10.1. The number of hydrogen-bond acceptors (Lipinski definition) is 6. The molecule has 0 spiro atoms. The molecule has 3 aromatic carbocycles. The van der Waals surface area contributed by atoms with Gasteiger partial charge in [-0.1, -0.05) is 37.3 Å². The van der Waals surface area contributed by atoms with E-state index in [2.05, 4.69) is 0 Å². The lowest BCUT2D eigenvalue weighted by Gasteiger charge is -2.30. The number of nitro groups is 1. The van der Waals surface area contributed by atoms with Gasteiger partial charge in [-0.2, -0.15) is 0 Å². The number of carbonyl (C=O) groups excluding carboxylic acids is 1. The minimum Gasteiger partial charge on any atom is -0.492 e. The predicted molar refractivity (Wildman–Crippen MR) is 146 cm³/mol. The number of aryl methyl sites for hydroxylation is 1. The lowest BCUT2D eigenvalue weighted by Crippen LogP contribution is -2.38. The highest BCUT2D eigenvalue weighted by Crippen LogP contribution is 2.29. The maximum atomic E-state index is 13.9. The molecule has 0 aliphatic heterocycles. The molecule has 9 heteroatoms. The van der Waals surface area contributed by atoms with Gasteiger partial charge in [0.05, 0.1) is 34.2 Å². The molecule has 0 bridgehead atoms. The lowest BCUT2D eigenvalue weighted by molar-refractivity contribution is -0.385. The third kappa shape index (κ3) is 5.00. The van der Waals surface area contributed by atoms with Crippen LogP contribution in [0.15, 0.2) is 71.5 Å². The second-order valence-electron chi connectivity index (χ2n) is 8.96.